The van der Waals surface area contributed by atoms with Crippen molar-refractivity contribution in [1.82, 2.24) is 0 Å². The van der Waals surface area contributed by atoms with Gasteiger partial charge in [-0.15, -0.1) is 0 Å². The molecule has 0 saturated carbocycles. The van der Waals surface area contributed by atoms with Gasteiger partial charge in [0.2, 0.25) is 5.78 Å². The Morgan fingerprint density at radius 1 is 1.03 bits per heavy atom. The van der Waals surface area contributed by atoms with Crippen LogP contribution in [0.4, 0.5) is 4.39 Å². The van der Waals surface area contributed by atoms with Crippen molar-refractivity contribution in [2.75, 3.05) is 7.11 Å². The first kappa shape index (κ1) is 19.4. The lowest BCUT2D eigenvalue weighted by Gasteiger charge is -2.08. The molecule has 0 aromatic heterocycles. The third-order valence-electron chi connectivity index (χ3n) is 4.63. The van der Waals surface area contributed by atoms with Crippen molar-refractivity contribution < 1.29 is 28.2 Å². The van der Waals surface area contributed by atoms with Crippen LogP contribution >= 0.6 is 0 Å². The van der Waals surface area contributed by atoms with Crippen LogP contribution in [0.15, 0.2) is 66.4 Å². The van der Waals surface area contributed by atoms with Gasteiger partial charge in [-0.3, -0.25) is 4.79 Å². The molecule has 1 aliphatic rings. The molecule has 6 heteroatoms. The van der Waals surface area contributed by atoms with Gasteiger partial charge in [0.1, 0.15) is 23.1 Å². The van der Waals surface area contributed by atoms with Crippen LogP contribution in [-0.2, 0) is 0 Å². The van der Waals surface area contributed by atoms with E-state index in [2.05, 4.69) is 0 Å². The maximum atomic E-state index is 13.3. The minimum absolute atomic E-state index is 0.0882. The molecule has 0 amide bonds. The highest BCUT2D eigenvalue weighted by Crippen LogP contribution is 2.37. The van der Waals surface area contributed by atoms with E-state index in [4.69, 9.17) is 14.2 Å². The number of carbonyl (C=O) groups excluding carboxylic acids is 2. The molecular formula is C24H17FO5. The van der Waals surface area contributed by atoms with E-state index >= 15 is 0 Å². The lowest BCUT2D eigenvalue weighted by Crippen LogP contribution is -2.09. The number of methoxy groups -OCH3 is 1. The number of ether oxygens (including phenoxy) is 3. The van der Waals surface area contributed by atoms with Crippen LogP contribution in [0.25, 0.3) is 6.08 Å². The fourth-order valence-electron chi connectivity index (χ4n) is 3.17. The van der Waals surface area contributed by atoms with E-state index in [9.17, 15) is 14.0 Å². The number of allylic oxidation sites excluding steroid dienone is 1. The topological polar surface area (TPSA) is 61.8 Å². The Kier molecular flexibility index (Phi) is 5.06. The third kappa shape index (κ3) is 3.80. The monoisotopic (exact) mass is 404 g/mol. The molecule has 0 aliphatic carbocycles. The van der Waals surface area contributed by atoms with E-state index in [1.165, 1.54) is 24.3 Å². The number of carbonyl (C=O) groups is 2. The largest absolute Gasteiger partial charge is 0.497 e. The number of Topliss-reactive ketones (excluding diaryl/α,β-unsaturated/α-hetero) is 1. The number of hydrogen-bond acceptors (Lipinski definition) is 5. The summed E-state index contributed by atoms with van der Waals surface area (Å²) in [5.74, 6) is -0.0855. The van der Waals surface area contributed by atoms with Gasteiger partial charge in [-0.25, -0.2) is 9.18 Å². The summed E-state index contributed by atoms with van der Waals surface area (Å²) in [6.45, 7) is 1.73. The van der Waals surface area contributed by atoms with Gasteiger partial charge in [0.15, 0.2) is 5.76 Å². The molecule has 0 spiro atoms. The van der Waals surface area contributed by atoms with Crippen LogP contribution in [0.2, 0.25) is 0 Å². The summed E-state index contributed by atoms with van der Waals surface area (Å²) in [6.07, 6.45) is 1.64. The normalized spacial score (nSPS) is 13.7. The molecule has 5 nitrogen and oxygen atoms in total. The van der Waals surface area contributed by atoms with Crippen LogP contribution < -0.4 is 14.2 Å². The van der Waals surface area contributed by atoms with Crippen molar-refractivity contribution in [1.29, 1.82) is 0 Å². The van der Waals surface area contributed by atoms with Crippen LogP contribution in [0.5, 0.6) is 17.2 Å². The van der Waals surface area contributed by atoms with Crippen molar-refractivity contribution in [3.8, 4) is 17.2 Å². The van der Waals surface area contributed by atoms with Crippen molar-refractivity contribution in [3.63, 3.8) is 0 Å². The first-order valence-corrected chi connectivity index (χ1v) is 9.15. The standard InChI is InChI=1S/C24H17FO5/c1-14-10-19(29-24(27)16-4-3-5-17(25)12-16)13-20-22(14)23(26)21(30-20)11-15-6-8-18(28-2)9-7-15/h3-13H,1-2H3/b21-11-. The van der Waals surface area contributed by atoms with Gasteiger partial charge in [-0.05, 0) is 60.5 Å². The smallest absolute Gasteiger partial charge is 0.343 e. The number of halogens is 1. The molecule has 3 aromatic carbocycles. The summed E-state index contributed by atoms with van der Waals surface area (Å²) in [5.41, 5.74) is 1.89. The maximum Gasteiger partial charge on any atom is 0.343 e. The molecule has 0 unspecified atom stereocenters. The Bertz CT molecular complexity index is 1180. The summed E-state index contributed by atoms with van der Waals surface area (Å²) in [4.78, 5) is 25.1. The predicted molar refractivity (Wildman–Crippen MR) is 108 cm³/mol. The summed E-state index contributed by atoms with van der Waals surface area (Å²) >= 11 is 0. The van der Waals surface area contributed by atoms with Gasteiger partial charge in [0.05, 0.1) is 18.2 Å². The van der Waals surface area contributed by atoms with Gasteiger partial charge in [0.25, 0.3) is 0 Å². The lowest BCUT2D eigenvalue weighted by molar-refractivity contribution is 0.0734. The molecule has 0 bridgehead atoms. The van der Waals surface area contributed by atoms with Crippen molar-refractivity contribution in [3.05, 3.63) is 94.5 Å². The highest BCUT2D eigenvalue weighted by Gasteiger charge is 2.30. The van der Waals surface area contributed by atoms with Crippen LogP contribution in [0.1, 0.15) is 31.8 Å². The summed E-state index contributed by atoms with van der Waals surface area (Å²) in [7, 11) is 1.58. The van der Waals surface area contributed by atoms with Crippen molar-refractivity contribution in [2.24, 2.45) is 0 Å². The second-order valence-corrected chi connectivity index (χ2v) is 6.73. The zero-order chi connectivity index (χ0) is 21.3. The van der Waals surface area contributed by atoms with E-state index in [0.717, 1.165) is 11.6 Å². The Hall–Kier alpha value is -3.93. The van der Waals surface area contributed by atoms with Gasteiger partial charge in [0, 0.05) is 6.07 Å². The van der Waals surface area contributed by atoms with Crippen molar-refractivity contribution in [2.45, 2.75) is 6.92 Å². The SMILES string of the molecule is COc1ccc(/C=C2\Oc3cc(OC(=O)c4cccc(F)c4)cc(C)c3C2=O)cc1. The second-order valence-electron chi connectivity index (χ2n) is 6.73. The Balaban J connectivity index is 1.59. The predicted octanol–water partition coefficient (Wildman–Crippen LogP) is 4.98. The number of fused-ring (bicyclic) bond motifs is 1. The number of rotatable bonds is 4. The van der Waals surface area contributed by atoms with E-state index < -0.39 is 11.8 Å². The van der Waals surface area contributed by atoms with Gasteiger partial charge >= 0.3 is 5.97 Å². The molecule has 0 atom stereocenters. The quantitative estimate of drug-likeness (QED) is 0.349. The fraction of sp³-hybridized carbons (Fsp3) is 0.0833. The molecule has 0 fully saturated rings. The minimum atomic E-state index is -0.702. The maximum absolute atomic E-state index is 13.3. The summed E-state index contributed by atoms with van der Waals surface area (Å²) < 4.78 is 29.6. The molecule has 1 aliphatic heterocycles. The van der Waals surface area contributed by atoms with Crippen molar-refractivity contribution >= 4 is 17.8 Å². The van der Waals surface area contributed by atoms with E-state index in [1.54, 1.807) is 38.3 Å². The fourth-order valence-corrected chi connectivity index (χ4v) is 3.17. The number of aryl methyl sites for hydroxylation is 1. The van der Waals surface area contributed by atoms with E-state index in [0.29, 0.717) is 22.6 Å². The molecule has 4 rings (SSSR count). The van der Waals surface area contributed by atoms with Crippen LogP contribution in [0, 0.1) is 12.7 Å². The number of esters is 1. The second kappa shape index (κ2) is 7.83. The van der Waals surface area contributed by atoms with Crippen LogP contribution in [-0.4, -0.2) is 18.9 Å². The zero-order valence-corrected chi connectivity index (χ0v) is 16.3. The number of benzene rings is 3. The number of ketones is 1. The first-order valence-electron chi connectivity index (χ1n) is 9.15. The Morgan fingerprint density at radius 2 is 1.80 bits per heavy atom. The highest BCUT2D eigenvalue weighted by atomic mass is 19.1. The van der Waals surface area contributed by atoms with Gasteiger partial charge in [-0.2, -0.15) is 0 Å². The minimum Gasteiger partial charge on any atom is -0.497 e. The molecule has 1 heterocycles. The highest BCUT2D eigenvalue weighted by molar-refractivity contribution is 6.15. The molecule has 30 heavy (non-hydrogen) atoms. The third-order valence-corrected chi connectivity index (χ3v) is 4.63. The first-order chi connectivity index (χ1) is 14.4. The molecule has 0 saturated heterocycles. The molecule has 3 aromatic rings. The Morgan fingerprint density at radius 3 is 2.50 bits per heavy atom. The lowest BCUT2D eigenvalue weighted by atomic mass is 10.0. The zero-order valence-electron chi connectivity index (χ0n) is 16.3. The summed E-state index contributed by atoms with van der Waals surface area (Å²) in [6, 6.07) is 15.5. The summed E-state index contributed by atoms with van der Waals surface area (Å²) in [5, 5.41) is 0. The van der Waals surface area contributed by atoms with Crippen LogP contribution in [0.3, 0.4) is 0 Å². The average Bonchev–Trinajstić information content (AvgIpc) is 3.04. The number of hydrogen-bond donors (Lipinski definition) is 0. The molecule has 150 valence electrons. The van der Waals surface area contributed by atoms with E-state index in [-0.39, 0.29) is 22.9 Å². The molecular weight excluding hydrogens is 387 g/mol. The van der Waals surface area contributed by atoms with Gasteiger partial charge in [-0.1, -0.05) is 18.2 Å². The average molecular weight is 404 g/mol. The Labute approximate surface area is 172 Å². The molecule has 0 N–H and O–H groups in total. The van der Waals surface area contributed by atoms with E-state index in [1.807, 2.05) is 12.1 Å². The van der Waals surface area contributed by atoms with Gasteiger partial charge < -0.3 is 14.2 Å². The molecule has 0 radical (unpaired) electrons.